The maximum atomic E-state index is 6.88. The van der Waals surface area contributed by atoms with Crippen molar-refractivity contribution in [2.24, 2.45) is 4.99 Å². The minimum Gasteiger partial charge on any atom is -0.398 e. The maximum Gasteiger partial charge on any atom is 0.177 e. The Labute approximate surface area is 108 Å². The number of hydrogen-bond donors (Lipinski definition) is 3. The van der Waals surface area contributed by atoms with Crippen molar-refractivity contribution in [1.29, 1.82) is 5.41 Å². The minimum absolute atomic E-state index is 0. The van der Waals surface area contributed by atoms with Crippen molar-refractivity contribution < 1.29 is 2.85 Å². The molecule has 96 valence electrons. The Morgan fingerprint density at radius 1 is 1.28 bits per heavy atom. The fourth-order valence-corrected chi connectivity index (χ4v) is 1.11. The van der Waals surface area contributed by atoms with Crippen LogP contribution in [0.4, 0.5) is 17.2 Å². The van der Waals surface area contributed by atoms with E-state index in [0.29, 0.717) is 17.2 Å². The first-order valence-corrected chi connectivity index (χ1v) is 5.06. The highest BCUT2D eigenvalue weighted by molar-refractivity contribution is 5.84. The number of nitrogen functional groups attached to an aromatic ring is 2. The lowest BCUT2D eigenvalue weighted by atomic mass is 10.2. The standard InChI is InChI=1S/C7H8N2.C5H6N4.2H2/c8-5-6-3-1-2-4-7(6)9;1-7-5-4(6)2-8-3-9-5;;/h1-5,8H,9H2;2-3H,1,6H2;2*1H. The first kappa shape index (κ1) is 13.3. The molecule has 0 fully saturated rings. The Bertz CT molecular complexity index is 497. The second-order valence-corrected chi connectivity index (χ2v) is 3.23. The molecule has 0 amide bonds. The number of rotatable bonds is 2. The van der Waals surface area contributed by atoms with Crippen LogP contribution in [0.25, 0.3) is 0 Å². The average molecular weight is 246 g/mol. The third-order valence-electron chi connectivity index (χ3n) is 2.02. The SMILES string of the molecule is C=Nc1ncncc1N.N=Cc1ccccc1N.[HH].[HH]. The third kappa shape index (κ3) is 3.67. The first-order valence-electron chi connectivity index (χ1n) is 5.06. The molecule has 5 N–H and O–H groups in total. The minimum atomic E-state index is 0. The van der Waals surface area contributed by atoms with Gasteiger partial charge in [0.25, 0.3) is 0 Å². The normalized spacial score (nSPS) is 8.89. The summed E-state index contributed by atoms with van der Waals surface area (Å²) in [6.45, 7) is 3.27. The molecule has 2 rings (SSSR count). The van der Waals surface area contributed by atoms with Gasteiger partial charge in [-0.05, 0) is 12.8 Å². The van der Waals surface area contributed by atoms with Crippen LogP contribution < -0.4 is 11.5 Å². The van der Waals surface area contributed by atoms with Gasteiger partial charge in [0.2, 0.25) is 0 Å². The van der Waals surface area contributed by atoms with Crippen molar-refractivity contribution in [3.05, 3.63) is 42.4 Å². The van der Waals surface area contributed by atoms with Gasteiger partial charge in [-0.3, -0.25) is 0 Å². The molecule has 0 aliphatic heterocycles. The fraction of sp³-hybridized carbons (Fsp3) is 0. The molecule has 0 radical (unpaired) electrons. The van der Waals surface area contributed by atoms with E-state index in [4.69, 9.17) is 16.9 Å². The van der Waals surface area contributed by atoms with Gasteiger partial charge < -0.3 is 16.9 Å². The summed E-state index contributed by atoms with van der Waals surface area (Å²) in [5.74, 6) is 0.435. The zero-order valence-corrected chi connectivity index (χ0v) is 9.74. The topological polar surface area (TPSA) is 114 Å². The van der Waals surface area contributed by atoms with Crippen LogP contribution in [0.5, 0.6) is 0 Å². The lowest BCUT2D eigenvalue weighted by Gasteiger charge is -1.94. The molecular weight excluding hydrogens is 228 g/mol. The van der Waals surface area contributed by atoms with Gasteiger partial charge in [-0.15, -0.1) is 0 Å². The highest BCUT2D eigenvalue weighted by Crippen LogP contribution is 2.13. The lowest BCUT2D eigenvalue weighted by molar-refractivity contribution is 1.16. The Balaban J connectivity index is 0. The number of nitrogens with two attached hydrogens (primary N) is 2. The Kier molecular flexibility index (Phi) is 4.98. The number of nitrogens with zero attached hydrogens (tertiary/aromatic N) is 3. The molecule has 1 heterocycles. The van der Waals surface area contributed by atoms with E-state index in [1.165, 1.54) is 18.7 Å². The molecule has 1 aromatic carbocycles. The smallest absolute Gasteiger partial charge is 0.177 e. The summed E-state index contributed by atoms with van der Waals surface area (Å²) in [4.78, 5) is 10.9. The van der Waals surface area contributed by atoms with E-state index in [1.807, 2.05) is 18.2 Å². The zero-order valence-electron chi connectivity index (χ0n) is 9.74. The quantitative estimate of drug-likeness (QED) is 0.556. The van der Waals surface area contributed by atoms with Gasteiger partial charge >= 0.3 is 0 Å². The van der Waals surface area contributed by atoms with E-state index >= 15 is 0 Å². The van der Waals surface area contributed by atoms with Crippen LogP contribution in [0.3, 0.4) is 0 Å². The number of hydrogen-bond acceptors (Lipinski definition) is 6. The molecule has 0 unspecified atom stereocenters. The molecule has 2 aromatic rings. The number of anilines is 2. The van der Waals surface area contributed by atoms with Crippen molar-refractivity contribution in [2.75, 3.05) is 11.5 Å². The lowest BCUT2D eigenvalue weighted by Crippen LogP contribution is -1.90. The summed E-state index contributed by atoms with van der Waals surface area (Å²) in [6, 6.07) is 7.29. The highest BCUT2D eigenvalue weighted by Gasteiger charge is 1.92. The van der Waals surface area contributed by atoms with Gasteiger partial charge in [0.1, 0.15) is 6.33 Å². The van der Waals surface area contributed by atoms with Crippen molar-refractivity contribution in [1.82, 2.24) is 9.97 Å². The molecule has 1 aromatic heterocycles. The van der Waals surface area contributed by atoms with E-state index in [0.717, 1.165) is 5.56 Å². The summed E-state index contributed by atoms with van der Waals surface area (Å²) >= 11 is 0. The molecule has 18 heavy (non-hydrogen) atoms. The Morgan fingerprint density at radius 3 is 2.44 bits per heavy atom. The van der Waals surface area contributed by atoms with Gasteiger partial charge in [-0.2, -0.15) is 0 Å². The number of benzene rings is 1. The van der Waals surface area contributed by atoms with Crippen LogP contribution in [0, 0.1) is 5.41 Å². The summed E-state index contributed by atoms with van der Waals surface area (Å²) in [7, 11) is 0. The number of para-hydroxylation sites is 1. The van der Waals surface area contributed by atoms with Gasteiger partial charge in [0, 0.05) is 20.3 Å². The molecule has 0 saturated carbocycles. The third-order valence-corrected chi connectivity index (χ3v) is 2.02. The molecule has 6 nitrogen and oxygen atoms in total. The number of nitrogens with one attached hydrogen (secondary N) is 1. The number of aromatic nitrogens is 2. The van der Waals surface area contributed by atoms with E-state index in [9.17, 15) is 0 Å². The molecule has 0 aliphatic rings. The molecular formula is C12H18N6. The summed E-state index contributed by atoms with van der Waals surface area (Å²) in [5.41, 5.74) is 12.7. The van der Waals surface area contributed by atoms with Crippen molar-refractivity contribution >= 4 is 30.1 Å². The molecule has 0 saturated heterocycles. The van der Waals surface area contributed by atoms with E-state index in [2.05, 4.69) is 21.7 Å². The second kappa shape index (κ2) is 6.74. The van der Waals surface area contributed by atoms with Crippen LogP contribution in [0.15, 0.2) is 41.8 Å². The van der Waals surface area contributed by atoms with E-state index in [1.54, 1.807) is 6.07 Å². The molecule has 0 bridgehead atoms. The monoisotopic (exact) mass is 246 g/mol. The molecule has 0 aliphatic carbocycles. The predicted molar refractivity (Wildman–Crippen MR) is 78.6 cm³/mol. The fourth-order valence-electron chi connectivity index (χ4n) is 1.11. The van der Waals surface area contributed by atoms with Crippen molar-refractivity contribution in [2.45, 2.75) is 0 Å². The van der Waals surface area contributed by atoms with E-state index < -0.39 is 0 Å². The van der Waals surface area contributed by atoms with Gasteiger partial charge in [0.15, 0.2) is 5.82 Å². The first-order chi connectivity index (χ1) is 8.69. The van der Waals surface area contributed by atoms with Crippen LogP contribution in [-0.4, -0.2) is 22.9 Å². The summed E-state index contributed by atoms with van der Waals surface area (Å²) < 4.78 is 0. The molecule has 0 atom stereocenters. The van der Waals surface area contributed by atoms with Crippen LogP contribution in [-0.2, 0) is 0 Å². The average Bonchev–Trinajstić information content (AvgIpc) is 2.41. The predicted octanol–water partition coefficient (Wildman–Crippen LogP) is 2.15. The largest absolute Gasteiger partial charge is 0.398 e. The Morgan fingerprint density at radius 2 is 2.00 bits per heavy atom. The van der Waals surface area contributed by atoms with Crippen LogP contribution in [0.1, 0.15) is 8.42 Å². The van der Waals surface area contributed by atoms with Crippen molar-refractivity contribution in [3.8, 4) is 0 Å². The highest BCUT2D eigenvalue weighted by atomic mass is 15.0. The van der Waals surface area contributed by atoms with Crippen LogP contribution >= 0.6 is 0 Å². The van der Waals surface area contributed by atoms with E-state index in [-0.39, 0.29) is 2.85 Å². The van der Waals surface area contributed by atoms with Gasteiger partial charge in [0.05, 0.1) is 11.9 Å². The summed E-state index contributed by atoms with van der Waals surface area (Å²) in [6.07, 6.45) is 4.10. The molecule has 6 heteroatoms. The van der Waals surface area contributed by atoms with Gasteiger partial charge in [-0.1, -0.05) is 18.2 Å². The van der Waals surface area contributed by atoms with Crippen LogP contribution in [0.2, 0.25) is 0 Å². The molecule has 0 spiro atoms. The van der Waals surface area contributed by atoms with Gasteiger partial charge in [-0.25, -0.2) is 15.0 Å². The second-order valence-electron chi connectivity index (χ2n) is 3.23. The maximum absolute atomic E-state index is 6.88. The summed E-state index contributed by atoms with van der Waals surface area (Å²) in [5, 5.41) is 6.88. The Hall–Kier alpha value is -2.76. The number of aliphatic imine (C=N–C) groups is 1. The van der Waals surface area contributed by atoms with Crippen molar-refractivity contribution in [3.63, 3.8) is 0 Å². The zero-order chi connectivity index (χ0) is 13.4.